The van der Waals surface area contributed by atoms with Crippen LogP contribution in [0.1, 0.15) is 362 Å². The molecule has 0 aliphatic heterocycles. The Bertz CT molecular complexity index is 1070. The van der Waals surface area contributed by atoms with Crippen molar-refractivity contribution in [3.05, 3.63) is 0 Å². The zero-order valence-corrected chi connectivity index (χ0v) is 48.2. The van der Waals surface area contributed by atoms with Gasteiger partial charge in [-0.25, -0.2) is 0 Å². The molecule has 0 spiro atoms. The summed E-state index contributed by atoms with van der Waals surface area (Å²) in [6, 6.07) is 0. The molecule has 0 bridgehead atoms. The van der Waals surface area contributed by atoms with Crippen molar-refractivity contribution in [1.29, 1.82) is 0 Å². The van der Waals surface area contributed by atoms with Gasteiger partial charge in [0.25, 0.3) is 0 Å². The first-order valence-electron chi connectivity index (χ1n) is 31.7. The Hall–Kier alpha value is -1.59. The lowest BCUT2D eigenvalue weighted by molar-refractivity contribution is -0.167. The fourth-order valence-corrected chi connectivity index (χ4v) is 9.93. The molecule has 0 rings (SSSR count). The maximum absolute atomic E-state index is 12.9. The summed E-state index contributed by atoms with van der Waals surface area (Å²) >= 11 is 0. The summed E-state index contributed by atoms with van der Waals surface area (Å²) in [6.07, 6.45) is 62.4. The molecule has 0 aromatic heterocycles. The topological polar surface area (TPSA) is 78.9 Å². The number of carbonyl (C=O) groups excluding carboxylic acids is 3. The summed E-state index contributed by atoms with van der Waals surface area (Å²) in [4.78, 5) is 38.3. The lowest BCUT2D eigenvalue weighted by Gasteiger charge is -2.18. The van der Waals surface area contributed by atoms with Crippen LogP contribution < -0.4 is 0 Å². The normalized spacial score (nSPS) is 12.0. The third-order valence-corrected chi connectivity index (χ3v) is 14.7. The predicted octanol–water partition coefficient (Wildman–Crippen LogP) is 21.2. The van der Waals surface area contributed by atoms with Crippen molar-refractivity contribution in [1.82, 2.24) is 0 Å². The Kier molecular flexibility index (Phi) is 55.4. The highest BCUT2D eigenvalue weighted by atomic mass is 16.6. The fraction of sp³-hybridized carbons (Fsp3) is 0.953. The minimum absolute atomic E-state index is 0.0618. The third kappa shape index (κ3) is 57.3. The van der Waals surface area contributed by atoms with Gasteiger partial charge in [0.15, 0.2) is 6.10 Å². The first kappa shape index (κ1) is 68.4. The molecule has 0 unspecified atom stereocenters. The number of hydrogen-bond acceptors (Lipinski definition) is 6. The van der Waals surface area contributed by atoms with Gasteiger partial charge in [-0.2, -0.15) is 0 Å². The molecule has 6 heteroatoms. The molecular weight excluding hydrogens is 865 g/mol. The van der Waals surface area contributed by atoms with E-state index in [1.807, 2.05) is 0 Å². The SMILES string of the molecule is CCCCCCCCCCCCCCCCCCCC(=O)OC[C@@H](COC(=O)CCCCCCCCCCCCCCCC(C)C)OC(=O)CCCCCCCCCCCCCCCCCCC(C)C. The van der Waals surface area contributed by atoms with Gasteiger partial charge in [-0.15, -0.1) is 0 Å². The molecule has 1 atom stereocenters. The van der Waals surface area contributed by atoms with E-state index in [0.29, 0.717) is 19.3 Å². The molecule has 70 heavy (non-hydrogen) atoms. The molecule has 0 aromatic carbocycles. The van der Waals surface area contributed by atoms with E-state index in [2.05, 4.69) is 34.6 Å². The maximum Gasteiger partial charge on any atom is 0.306 e. The van der Waals surface area contributed by atoms with Crippen LogP contribution in [-0.2, 0) is 28.6 Å². The van der Waals surface area contributed by atoms with Crippen molar-refractivity contribution in [3.8, 4) is 0 Å². The minimum Gasteiger partial charge on any atom is -0.462 e. The van der Waals surface area contributed by atoms with Crippen LogP contribution in [-0.4, -0.2) is 37.2 Å². The van der Waals surface area contributed by atoms with Crippen LogP contribution >= 0.6 is 0 Å². The van der Waals surface area contributed by atoms with Crippen LogP contribution in [0, 0.1) is 11.8 Å². The van der Waals surface area contributed by atoms with E-state index in [4.69, 9.17) is 14.2 Å². The summed E-state index contributed by atoms with van der Waals surface area (Å²) in [5.74, 6) is 0.860. The number of hydrogen-bond donors (Lipinski definition) is 0. The Morgan fingerprint density at radius 2 is 0.471 bits per heavy atom. The summed E-state index contributed by atoms with van der Waals surface area (Å²) in [5.41, 5.74) is 0. The van der Waals surface area contributed by atoms with E-state index < -0.39 is 6.10 Å². The van der Waals surface area contributed by atoms with Crippen molar-refractivity contribution in [2.45, 2.75) is 368 Å². The van der Waals surface area contributed by atoms with Crippen molar-refractivity contribution >= 4 is 17.9 Å². The summed E-state index contributed by atoms with van der Waals surface area (Å²) in [7, 11) is 0. The number of unbranched alkanes of at least 4 members (excludes halogenated alkanes) is 43. The molecule has 0 radical (unpaired) electrons. The second kappa shape index (κ2) is 56.7. The first-order valence-corrected chi connectivity index (χ1v) is 31.7. The van der Waals surface area contributed by atoms with Crippen LogP contribution in [0.15, 0.2) is 0 Å². The van der Waals surface area contributed by atoms with Crippen LogP contribution in [0.4, 0.5) is 0 Å². The van der Waals surface area contributed by atoms with Gasteiger partial charge in [-0.3, -0.25) is 14.4 Å². The fourth-order valence-electron chi connectivity index (χ4n) is 9.93. The standard InChI is InChI=1S/C64H124O6/c1-6-7-8-9-10-11-12-13-14-15-19-24-29-34-39-44-49-54-62(65)68-57-61(58-69-63(66)55-50-45-40-35-30-26-21-23-28-33-38-43-48-53-60(4)5)70-64(67)56-51-46-41-36-31-25-20-17-16-18-22-27-32-37-42-47-52-59(2)3/h59-61H,6-58H2,1-5H3/t61-/m0/s1. The molecule has 0 aromatic rings. The molecule has 6 nitrogen and oxygen atoms in total. The van der Waals surface area contributed by atoms with Gasteiger partial charge in [0.2, 0.25) is 0 Å². The molecular formula is C64H124O6. The number of rotatable bonds is 58. The average molecular weight is 990 g/mol. The van der Waals surface area contributed by atoms with E-state index in [9.17, 15) is 14.4 Å². The van der Waals surface area contributed by atoms with Gasteiger partial charge >= 0.3 is 17.9 Å². The number of carbonyl (C=O) groups is 3. The van der Waals surface area contributed by atoms with Crippen LogP contribution in [0.3, 0.4) is 0 Å². The second-order valence-electron chi connectivity index (χ2n) is 23.0. The number of esters is 3. The average Bonchev–Trinajstić information content (AvgIpc) is 3.33. The lowest BCUT2D eigenvalue weighted by Crippen LogP contribution is -2.30. The summed E-state index contributed by atoms with van der Waals surface area (Å²) in [5, 5.41) is 0. The van der Waals surface area contributed by atoms with Crippen molar-refractivity contribution in [2.75, 3.05) is 13.2 Å². The van der Waals surface area contributed by atoms with Crippen LogP contribution in [0.5, 0.6) is 0 Å². The lowest BCUT2D eigenvalue weighted by atomic mass is 10.0. The molecule has 0 saturated heterocycles. The smallest absolute Gasteiger partial charge is 0.306 e. The van der Waals surface area contributed by atoms with Crippen molar-refractivity contribution in [2.24, 2.45) is 11.8 Å². The summed E-state index contributed by atoms with van der Waals surface area (Å²) in [6.45, 7) is 11.5. The molecule has 0 saturated carbocycles. The van der Waals surface area contributed by atoms with E-state index in [1.165, 1.54) is 250 Å². The maximum atomic E-state index is 12.9. The highest BCUT2D eigenvalue weighted by Gasteiger charge is 2.19. The van der Waals surface area contributed by atoms with Crippen LogP contribution in [0.25, 0.3) is 0 Å². The zero-order valence-electron chi connectivity index (χ0n) is 48.2. The molecule has 416 valence electrons. The van der Waals surface area contributed by atoms with Crippen molar-refractivity contribution in [3.63, 3.8) is 0 Å². The number of ether oxygens (including phenoxy) is 3. The molecule has 0 heterocycles. The Labute approximate surface area is 438 Å². The van der Waals surface area contributed by atoms with E-state index >= 15 is 0 Å². The zero-order chi connectivity index (χ0) is 51.1. The van der Waals surface area contributed by atoms with Gasteiger partial charge in [-0.1, -0.05) is 324 Å². The molecule has 0 aliphatic rings. The Balaban J connectivity index is 4.29. The molecule has 0 amide bonds. The van der Waals surface area contributed by atoms with E-state index in [-0.39, 0.29) is 31.1 Å². The third-order valence-electron chi connectivity index (χ3n) is 14.7. The van der Waals surface area contributed by atoms with Gasteiger partial charge < -0.3 is 14.2 Å². The quantitative estimate of drug-likeness (QED) is 0.0343. The van der Waals surface area contributed by atoms with E-state index in [0.717, 1.165) is 69.6 Å². The summed E-state index contributed by atoms with van der Waals surface area (Å²) < 4.78 is 17.0. The largest absolute Gasteiger partial charge is 0.462 e. The highest BCUT2D eigenvalue weighted by Crippen LogP contribution is 2.19. The van der Waals surface area contributed by atoms with Gasteiger partial charge in [0.05, 0.1) is 0 Å². The highest BCUT2D eigenvalue weighted by molar-refractivity contribution is 5.71. The molecule has 0 fully saturated rings. The molecule has 0 aliphatic carbocycles. The minimum atomic E-state index is -0.764. The van der Waals surface area contributed by atoms with Crippen LogP contribution in [0.2, 0.25) is 0 Å². The van der Waals surface area contributed by atoms with Gasteiger partial charge in [0, 0.05) is 19.3 Å². The van der Waals surface area contributed by atoms with Gasteiger partial charge in [-0.05, 0) is 31.1 Å². The van der Waals surface area contributed by atoms with Crippen molar-refractivity contribution < 1.29 is 28.6 Å². The monoisotopic (exact) mass is 989 g/mol. The van der Waals surface area contributed by atoms with E-state index in [1.54, 1.807) is 0 Å². The molecule has 0 N–H and O–H groups in total. The van der Waals surface area contributed by atoms with Gasteiger partial charge in [0.1, 0.15) is 13.2 Å². The first-order chi connectivity index (χ1) is 34.2. The second-order valence-corrected chi connectivity index (χ2v) is 23.0. The Morgan fingerprint density at radius 1 is 0.271 bits per heavy atom. The predicted molar refractivity (Wildman–Crippen MR) is 303 cm³/mol. The Morgan fingerprint density at radius 3 is 0.700 bits per heavy atom.